The first-order valence-corrected chi connectivity index (χ1v) is 5.95. The van der Waals surface area contributed by atoms with E-state index in [0.717, 1.165) is 39.4 Å². The maximum Gasteiger partial charge on any atom is 0.0620 e. The van der Waals surface area contributed by atoms with Gasteiger partial charge in [-0.25, -0.2) is 0 Å². The highest BCUT2D eigenvalue weighted by Crippen LogP contribution is 1.96. The zero-order valence-electron chi connectivity index (χ0n) is 10.1. The molecule has 0 bridgehead atoms. The van der Waals surface area contributed by atoms with Gasteiger partial charge in [-0.15, -0.1) is 0 Å². The maximum absolute atomic E-state index is 5.39. The number of nitrogens with zero attached hydrogens (tertiary/aromatic N) is 1. The molecule has 0 saturated carbocycles. The molecule has 1 aliphatic heterocycles. The van der Waals surface area contributed by atoms with Crippen LogP contribution in [0.15, 0.2) is 0 Å². The third-order valence-electron chi connectivity index (χ3n) is 2.63. The molecule has 1 aliphatic rings. The second-order valence-corrected chi connectivity index (χ2v) is 4.42. The minimum Gasteiger partial charge on any atom is -0.379 e. The van der Waals surface area contributed by atoms with E-state index in [1.807, 2.05) is 0 Å². The normalized spacial score (nSPS) is 22.2. The van der Waals surface area contributed by atoms with E-state index in [-0.39, 0.29) is 0 Å². The van der Waals surface area contributed by atoms with E-state index in [1.165, 1.54) is 12.8 Å². The van der Waals surface area contributed by atoms with Crippen LogP contribution in [0, 0.1) is 0 Å². The molecule has 15 heavy (non-hydrogen) atoms. The van der Waals surface area contributed by atoms with Crippen molar-refractivity contribution in [3.63, 3.8) is 0 Å². The van der Waals surface area contributed by atoms with Crippen LogP contribution < -0.4 is 10.6 Å². The van der Waals surface area contributed by atoms with E-state index < -0.39 is 0 Å². The highest BCUT2D eigenvalue weighted by Gasteiger charge is 2.11. The first kappa shape index (κ1) is 12.9. The molecule has 0 radical (unpaired) electrons. The molecule has 1 heterocycles. The summed E-state index contributed by atoms with van der Waals surface area (Å²) in [6, 6.07) is 0.556. The first-order chi connectivity index (χ1) is 7.29. The van der Waals surface area contributed by atoms with E-state index in [4.69, 9.17) is 4.74 Å². The summed E-state index contributed by atoms with van der Waals surface area (Å²) in [5.74, 6) is 0. The van der Waals surface area contributed by atoms with Gasteiger partial charge in [0.25, 0.3) is 0 Å². The number of morpholine rings is 1. The molecule has 0 aromatic carbocycles. The molecule has 4 heteroatoms. The van der Waals surface area contributed by atoms with Crippen LogP contribution in [0.5, 0.6) is 0 Å². The van der Waals surface area contributed by atoms with Gasteiger partial charge in [-0.3, -0.25) is 0 Å². The number of hydrogen-bond donors (Lipinski definition) is 2. The third-order valence-corrected chi connectivity index (χ3v) is 2.63. The van der Waals surface area contributed by atoms with Gasteiger partial charge in [-0.2, -0.15) is 0 Å². The lowest BCUT2D eigenvalue weighted by Crippen LogP contribution is -2.42. The number of hydrogen-bond acceptors (Lipinski definition) is 4. The van der Waals surface area contributed by atoms with Gasteiger partial charge in [-0.1, -0.05) is 0 Å². The smallest absolute Gasteiger partial charge is 0.0620 e. The average molecular weight is 215 g/mol. The van der Waals surface area contributed by atoms with Gasteiger partial charge in [0.05, 0.1) is 13.2 Å². The Hall–Kier alpha value is -0.160. The van der Waals surface area contributed by atoms with E-state index in [2.05, 4.69) is 29.6 Å². The van der Waals surface area contributed by atoms with Gasteiger partial charge in [0.15, 0.2) is 0 Å². The van der Waals surface area contributed by atoms with E-state index in [9.17, 15) is 0 Å². The Labute approximate surface area is 93.4 Å². The molecule has 0 aromatic heterocycles. The first-order valence-electron chi connectivity index (χ1n) is 5.95. The molecule has 0 aliphatic carbocycles. The molecule has 0 aromatic rings. The Balaban J connectivity index is 1.83. The summed E-state index contributed by atoms with van der Waals surface area (Å²) in [5, 5.41) is 6.92. The monoisotopic (exact) mass is 215 g/mol. The predicted octanol–water partition coefficient (Wildman–Crippen LogP) is -0.0938. The summed E-state index contributed by atoms with van der Waals surface area (Å²) < 4.78 is 5.39. The minimum atomic E-state index is 0.556. The lowest BCUT2D eigenvalue weighted by Gasteiger charge is -2.23. The predicted molar refractivity (Wildman–Crippen MR) is 63.3 cm³/mol. The lowest BCUT2D eigenvalue weighted by molar-refractivity contribution is 0.0743. The molecular formula is C11H25N3O. The number of ether oxygens (including phenoxy) is 1. The fourth-order valence-corrected chi connectivity index (χ4v) is 1.73. The van der Waals surface area contributed by atoms with Crippen LogP contribution in [0.3, 0.4) is 0 Å². The SMILES string of the molecule is CN(C)CCCNCCC1COCCN1. The summed E-state index contributed by atoms with van der Waals surface area (Å²) in [5.41, 5.74) is 0. The Kier molecular flexibility index (Phi) is 6.92. The van der Waals surface area contributed by atoms with Crippen molar-refractivity contribution in [1.82, 2.24) is 15.5 Å². The zero-order valence-corrected chi connectivity index (χ0v) is 10.1. The van der Waals surface area contributed by atoms with Crippen LogP contribution in [-0.2, 0) is 4.74 Å². The van der Waals surface area contributed by atoms with Crippen LogP contribution in [0.1, 0.15) is 12.8 Å². The van der Waals surface area contributed by atoms with Gasteiger partial charge in [0.1, 0.15) is 0 Å². The second-order valence-electron chi connectivity index (χ2n) is 4.42. The van der Waals surface area contributed by atoms with Crippen molar-refractivity contribution >= 4 is 0 Å². The van der Waals surface area contributed by atoms with Crippen LogP contribution in [0.2, 0.25) is 0 Å². The molecule has 90 valence electrons. The summed E-state index contributed by atoms with van der Waals surface area (Å²) in [7, 11) is 4.23. The molecule has 4 nitrogen and oxygen atoms in total. The van der Waals surface area contributed by atoms with E-state index in [0.29, 0.717) is 6.04 Å². The minimum absolute atomic E-state index is 0.556. The van der Waals surface area contributed by atoms with Crippen LogP contribution in [0.25, 0.3) is 0 Å². The van der Waals surface area contributed by atoms with Gasteiger partial charge in [-0.05, 0) is 46.6 Å². The number of rotatable bonds is 7. The fraction of sp³-hybridized carbons (Fsp3) is 1.00. The van der Waals surface area contributed by atoms with Gasteiger partial charge in [0.2, 0.25) is 0 Å². The van der Waals surface area contributed by atoms with Gasteiger partial charge >= 0.3 is 0 Å². The third kappa shape index (κ3) is 6.84. The maximum atomic E-state index is 5.39. The average Bonchev–Trinajstić information content (AvgIpc) is 2.24. The molecule has 0 spiro atoms. The molecule has 1 rings (SSSR count). The molecule has 1 atom stereocenters. The van der Waals surface area contributed by atoms with Crippen molar-refractivity contribution in [3.05, 3.63) is 0 Å². The van der Waals surface area contributed by atoms with Crippen molar-refractivity contribution in [2.24, 2.45) is 0 Å². The van der Waals surface area contributed by atoms with Gasteiger partial charge in [0, 0.05) is 12.6 Å². The van der Waals surface area contributed by atoms with Crippen LogP contribution >= 0.6 is 0 Å². The second kappa shape index (κ2) is 8.05. The summed E-state index contributed by atoms with van der Waals surface area (Å²) in [6.07, 6.45) is 2.39. The van der Waals surface area contributed by atoms with E-state index >= 15 is 0 Å². The van der Waals surface area contributed by atoms with Crippen molar-refractivity contribution < 1.29 is 4.74 Å². The zero-order chi connectivity index (χ0) is 10.9. The molecular weight excluding hydrogens is 190 g/mol. The Bertz CT molecular complexity index is 147. The number of nitrogens with one attached hydrogen (secondary N) is 2. The molecule has 2 N–H and O–H groups in total. The van der Waals surface area contributed by atoms with Crippen molar-refractivity contribution in [3.8, 4) is 0 Å². The quantitative estimate of drug-likeness (QED) is 0.582. The summed E-state index contributed by atoms with van der Waals surface area (Å²) in [6.45, 7) is 6.12. The Morgan fingerprint density at radius 3 is 2.93 bits per heavy atom. The Morgan fingerprint density at radius 2 is 2.27 bits per heavy atom. The fourth-order valence-electron chi connectivity index (χ4n) is 1.73. The van der Waals surface area contributed by atoms with Crippen molar-refractivity contribution in [1.29, 1.82) is 0 Å². The highest BCUT2D eigenvalue weighted by atomic mass is 16.5. The Morgan fingerprint density at radius 1 is 1.40 bits per heavy atom. The van der Waals surface area contributed by atoms with Crippen molar-refractivity contribution in [2.45, 2.75) is 18.9 Å². The van der Waals surface area contributed by atoms with Crippen LogP contribution in [-0.4, -0.2) is 64.4 Å². The summed E-state index contributed by atoms with van der Waals surface area (Å²) >= 11 is 0. The van der Waals surface area contributed by atoms with Crippen molar-refractivity contribution in [2.75, 3.05) is 53.5 Å². The highest BCUT2D eigenvalue weighted by molar-refractivity contribution is 4.70. The standard InChI is InChI=1S/C11H25N3O/c1-14(2)8-3-5-12-6-4-11-10-15-9-7-13-11/h11-13H,3-10H2,1-2H3. The molecule has 0 amide bonds. The lowest BCUT2D eigenvalue weighted by atomic mass is 10.2. The van der Waals surface area contributed by atoms with Crippen LogP contribution in [0.4, 0.5) is 0 Å². The molecule has 1 fully saturated rings. The molecule has 1 saturated heterocycles. The topological polar surface area (TPSA) is 36.5 Å². The van der Waals surface area contributed by atoms with Gasteiger partial charge < -0.3 is 20.3 Å². The molecule has 1 unspecified atom stereocenters. The van der Waals surface area contributed by atoms with E-state index in [1.54, 1.807) is 0 Å². The largest absolute Gasteiger partial charge is 0.379 e. The summed E-state index contributed by atoms with van der Waals surface area (Å²) in [4.78, 5) is 2.22.